The highest BCUT2D eigenvalue weighted by molar-refractivity contribution is 9.10. The molecule has 1 aromatic heterocycles. The largest absolute Gasteiger partial charge is 0.478 e. The molecule has 1 aromatic rings. The molecule has 1 N–H and O–H groups in total. The van der Waals surface area contributed by atoms with E-state index in [2.05, 4.69) is 29.8 Å². The first-order chi connectivity index (χ1) is 6.50. The Balaban J connectivity index is 2.72. The molecule has 0 fully saturated rings. The first-order valence-electron chi connectivity index (χ1n) is 4.59. The number of nitrogens with zero attached hydrogens (tertiary/aromatic N) is 1. The SMILES string of the molecule is CC(C)CCn1cc(C(=O)O)cc1Br. The minimum absolute atomic E-state index is 0.334. The normalized spacial score (nSPS) is 10.9. The maximum absolute atomic E-state index is 10.7. The fourth-order valence-electron chi connectivity index (χ4n) is 1.16. The number of carboxylic acids is 1. The van der Waals surface area contributed by atoms with E-state index in [4.69, 9.17) is 5.11 Å². The molecule has 0 unspecified atom stereocenters. The minimum Gasteiger partial charge on any atom is -0.478 e. The van der Waals surface area contributed by atoms with E-state index in [0.717, 1.165) is 17.6 Å². The Hall–Kier alpha value is -0.770. The molecule has 0 amide bonds. The number of hydrogen-bond donors (Lipinski definition) is 1. The van der Waals surface area contributed by atoms with E-state index in [1.165, 1.54) is 0 Å². The van der Waals surface area contributed by atoms with Crippen LogP contribution in [-0.2, 0) is 6.54 Å². The summed E-state index contributed by atoms with van der Waals surface area (Å²) in [5.41, 5.74) is 0.334. The van der Waals surface area contributed by atoms with Gasteiger partial charge in [-0.15, -0.1) is 0 Å². The van der Waals surface area contributed by atoms with Crippen molar-refractivity contribution < 1.29 is 9.90 Å². The molecule has 0 saturated carbocycles. The quantitative estimate of drug-likeness (QED) is 0.904. The molecule has 0 aliphatic heterocycles. The smallest absolute Gasteiger partial charge is 0.337 e. The zero-order valence-electron chi connectivity index (χ0n) is 8.33. The summed E-state index contributed by atoms with van der Waals surface area (Å²) >= 11 is 3.34. The number of aryl methyl sites for hydroxylation is 1. The third-order valence-corrected chi connectivity index (χ3v) is 2.72. The molecule has 0 aliphatic rings. The summed E-state index contributed by atoms with van der Waals surface area (Å²) in [5.74, 6) is -0.258. The molecule has 0 atom stereocenters. The van der Waals surface area contributed by atoms with Crippen LogP contribution in [0.1, 0.15) is 30.6 Å². The molecular formula is C10H14BrNO2. The van der Waals surface area contributed by atoms with Crippen LogP contribution < -0.4 is 0 Å². The second-order valence-corrected chi connectivity index (χ2v) is 4.55. The monoisotopic (exact) mass is 259 g/mol. The Morgan fingerprint density at radius 1 is 1.64 bits per heavy atom. The van der Waals surface area contributed by atoms with Gasteiger partial charge >= 0.3 is 5.97 Å². The highest BCUT2D eigenvalue weighted by Crippen LogP contribution is 2.17. The highest BCUT2D eigenvalue weighted by atomic mass is 79.9. The van der Waals surface area contributed by atoms with Crippen molar-refractivity contribution in [2.45, 2.75) is 26.8 Å². The Morgan fingerprint density at radius 3 is 2.71 bits per heavy atom. The molecule has 0 saturated heterocycles. The third-order valence-electron chi connectivity index (χ3n) is 2.04. The predicted molar refractivity (Wildman–Crippen MR) is 58.5 cm³/mol. The molecule has 0 radical (unpaired) electrons. The van der Waals surface area contributed by atoms with Crippen molar-refractivity contribution in [3.05, 3.63) is 22.4 Å². The van der Waals surface area contributed by atoms with E-state index in [1.807, 2.05) is 4.57 Å². The maximum atomic E-state index is 10.7. The van der Waals surface area contributed by atoms with Crippen LogP contribution in [0, 0.1) is 5.92 Å². The molecule has 78 valence electrons. The lowest BCUT2D eigenvalue weighted by Crippen LogP contribution is -2.00. The summed E-state index contributed by atoms with van der Waals surface area (Å²) in [6.07, 6.45) is 2.71. The van der Waals surface area contributed by atoms with Crippen molar-refractivity contribution in [1.29, 1.82) is 0 Å². The Kier molecular flexibility index (Phi) is 3.75. The maximum Gasteiger partial charge on any atom is 0.337 e. The zero-order valence-corrected chi connectivity index (χ0v) is 9.91. The summed E-state index contributed by atoms with van der Waals surface area (Å²) in [4.78, 5) is 10.7. The molecule has 3 nitrogen and oxygen atoms in total. The average Bonchev–Trinajstić information content (AvgIpc) is 2.43. The van der Waals surface area contributed by atoms with Gasteiger partial charge < -0.3 is 9.67 Å². The van der Waals surface area contributed by atoms with Gasteiger partial charge in [-0.25, -0.2) is 4.79 Å². The van der Waals surface area contributed by atoms with Crippen molar-refractivity contribution in [2.75, 3.05) is 0 Å². The molecule has 1 rings (SSSR count). The Labute approximate surface area is 91.9 Å². The fourth-order valence-corrected chi connectivity index (χ4v) is 1.69. The van der Waals surface area contributed by atoms with Crippen molar-refractivity contribution in [1.82, 2.24) is 4.57 Å². The molecule has 1 heterocycles. The number of rotatable bonds is 4. The van der Waals surface area contributed by atoms with E-state index in [9.17, 15) is 4.79 Å². The first-order valence-corrected chi connectivity index (χ1v) is 5.39. The molecule has 0 aliphatic carbocycles. The Bertz CT molecular complexity index is 331. The fraction of sp³-hybridized carbons (Fsp3) is 0.500. The van der Waals surface area contributed by atoms with E-state index in [0.29, 0.717) is 11.5 Å². The number of halogens is 1. The van der Waals surface area contributed by atoms with Gasteiger partial charge in [0.1, 0.15) is 0 Å². The summed E-state index contributed by atoms with van der Waals surface area (Å²) in [5, 5.41) is 8.77. The van der Waals surface area contributed by atoms with Gasteiger partial charge in [0, 0.05) is 12.7 Å². The summed E-state index contributed by atoms with van der Waals surface area (Å²) < 4.78 is 2.75. The van der Waals surface area contributed by atoms with E-state index in [1.54, 1.807) is 12.3 Å². The topological polar surface area (TPSA) is 42.2 Å². The number of hydrogen-bond acceptors (Lipinski definition) is 1. The predicted octanol–water partition coefficient (Wildman–Crippen LogP) is 2.99. The van der Waals surface area contributed by atoms with Gasteiger partial charge in [-0.3, -0.25) is 0 Å². The van der Waals surface area contributed by atoms with E-state index < -0.39 is 5.97 Å². The average molecular weight is 260 g/mol. The molecule has 0 bridgehead atoms. The molecule has 0 aromatic carbocycles. The number of aromatic carboxylic acids is 1. The van der Waals surface area contributed by atoms with Crippen LogP contribution in [0.3, 0.4) is 0 Å². The number of aromatic nitrogens is 1. The third kappa shape index (κ3) is 2.87. The van der Waals surface area contributed by atoms with Crippen LogP contribution in [-0.4, -0.2) is 15.6 Å². The van der Waals surface area contributed by atoms with Crippen LogP contribution in [0.5, 0.6) is 0 Å². The number of carboxylic acid groups (broad SMARTS) is 1. The van der Waals surface area contributed by atoms with Crippen LogP contribution in [0.25, 0.3) is 0 Å². The molecule has 4 heteroatoms. The van der Waals surface area contributed by atoms with Gasteiger partial charge in [-0.2, -0.15) is 0 Å². The van der Waals surface area contributed by atoms with Crippen molar-refractivity contribution in [2.24, 2.45) is 5.92 Å². The lowest BCUT2D eigenvalue weighted by molar-refractivity contribution is 0.0697. The molecule has 14 heavy (non-hydrogen) atoms. The van der Waals surface area contributed by atoms with Crippen LogP contribution in [0.4, 0.5) is 0 Å². The zero-order chi connectivity index (χ0) is 10.7. The highest BCUT2D eigenvalue weighted by Gasteiger charge is 2.09. The lowest BCUT2D eigenvalue weighted by atomic mass is 10.1. The van der Waals surface area contributed by atoms with Crippen LogP contribution >= 0.6 is 15.9 Å². The second-order valence-electron chi connectivity index (χ2n) is 3.73. The first kappa shape index (κ1) is 11.3. The molecule has 0 spiro atoms. The van der Waals surface area contributed by atoms with Gasteiger partial charge in [0.15, 0.2) is 0 Å². The van der Waals surface area contributed by atoms with Crippen molar-refractivity contribution in [3.8, 4) is 0 Å². The van der Waals surface area contributed by atoms with Gasteiger partial charge in [0.25, 0.3) is 0 Å². The van der Waals surface area contributed by atoms with Gasteiger partial charge in [0.2, 0.25) is 0 Å². The summed E-state index contributed by atoms with van der Waals surface area (Å²) in [6, 6.07) is 1.63. The van der Waals surface area contributed by atoms with Crippen LogP contribution in [0.15, 0.2) is 16.9 Å². The van der Waals surface area contributed by atoms with E-state index >= 15 is 0 Å². The number of carbonyl (C=O) groups is 1. The minimum atomic E-state index is -0.881. The molecular weight excluding hydrogens is 246 g/mol. The van der Waals surface area contributed by atoms with Crippen molar-refractivity contribution in [3.63, 3.8) is 0 Å². The summed E-state index contributed by atoms with van der Waals surface area (Å²) in [6.45, 7) is 5.15. The lowest BCUT2D eigenvalue weighted by Gasteiger charge is -2.06. The second kappa shape index (κ2) is 4.64. The van der Waals surface area contributed by atoms with Gasteiger partial charge in [-0.1, -0.05) is 13.8 Å². The van der Waals surface area contributed by atoms with Crippen molar-refractivity contribution >= 4 is 21.9 Å². The van der Waals surface area contributed by atoms with E-state index in [-0.39, 0.29) is 0 Å². The van der Waals surface area contributed by atoms with Gasteiger partial charge in [-0.05, 0) is 34.3 Å². The summed E-state index contributed by atoms with van der Waals surface area (Å²) in [7, 11) is 0. The standard InChI is InChI=1S/C10H14BrNO2/c1-7(2)3-4-12-6-8(10(13)14)5-9(12)11/h5-7H,3-4H2,1-2H3,(H,13,14). The van der Waals surface area contributed by atoms with Gasteiger partial charge in [0.05, 0.1) is 10.2 Å². The van der Waals surface area contributed by atoms with Crippen LogP contribution in [0.2, 0.25) is 0 Å². The Morgan fingerprint density at radius 2 is 2.29 bits per heavy atom.